The Morgan fingerprint density at radius 3 is 2.74 bits per heavy atom. The summed E-state index contributed by atoms with van der Waals surface area (Å²) in [6.07, 6.45) is 4.88. The van der Waals surface area contributed by atoms with Crippen molar-refractivity contribution < 1.29 is 14.3 Å². The Balaban J connectivity index is 2.15. The molecule has 1 unspecified atom stereocenters. The van der Waals surface area contributed by atoms with Gasteiger partial charge in [0.2, 0.25) is 0 Å². The van der Waals surface area contributed by atoms with Crippen LogP contribution in [0.5, 0.6) is 5.75 Å². The van der Waals surface area contributed by atoms with Gasteiger partial charge in [-0.05, 0) is 43.9 Å². The molecule has 1 atom stereocenters. The molecule has 1 saturated carbocycles. The summed E-state index contributed by atoms with van der Waals surface area (Å²) in [4.78, 5) is 11.6. The highest BCUT2D eigenvalue weighted by molar-refractivity contribution is 5.83. The van der Waals surface area contributed by atoms with Crippen molar-refractivity contribution in [3.8, 4) is 5.75 Å². The van der Waals surface area contributed by atoms with Gasteiger partial charge in [-0.1, -0.05) is 17.7 Å². The zero-order chi connectivity index (χ0) is 13.7. The van der Waals surface area contributed by atoms with E-state index in [1.54, 1.807) is 13.2 Å². The first kappa shape index (κ1) is 13.7. The van der Waals surface area contributed by atoms with Crippen molar-refractivity contribution in [2.45, 2.75) is 32.1 Å². The van der Waals surface area contributed by atoms with E-state index >= 15 is 0 Å². The second kappa shape index (κ2) is 6.41. The number of methoxy groups -OCH3 is 1. The molecule has 1 aromatic carbocycles. The molecule has 3 heteroatoms. The number of carbonyl (C=O) groups excluding carboxylic acids is 1. The normalized spacial score (nSPS) is 20.5. The summed E-state index contributed by atoms with van der Waals surface area (Å²) in [6, 6.07) is 8.09. The molecular formula is C16H20O3. The molecule has 0 aromatic heterocycles. The third-order valence-electron chi connectivity index (χ3n) is 3.51. The number of benzene rings is 1. The SMILES string of the molecule is CCOC(=O)/C=C1/CCCC1c1ccc(OC)cc1. The standard InChI is InChI=1S/C16H20O3/c1-3-19-16(17)11-13-5-4-6-15(13)12-7-9-14(18-2)10-8-12/h7-11,15H,3-6H2,1-2H3/b13-11-. The first-order valence-electron chi connectivity index (χ1n) is 6.75. The number of hydrogen-bond donors (Lipinski definition) is 0. The molecule has 0 saturated heterocycles. The predicted octanol–water partition coefficient (Wildman–Crippen LogP) is 3.45. The molecule has 0 heterocycles. The van der Waals surface area contributed by atoms with Crippen molar-refractivity contribution in [1.29, 1.82) is 0 Å². The average Bonchev–Trinajstić information content (AvgIpc) is 2.87. The predicted molar refractivity (Wildman–Crippen MR) is 74.3 cm³/mol. The zero-order valence-corrected chi connectivity index (χ0v) is 11.5. The van der Waals surface area contributed by atoms with E-state index in [0.29, 0.717) is 12.5 Å². The lowest BCUT2D eigenvalue weighted by atomic mass is 9.93. The molecular weight excluding hydrogens is 240 g/mol. The fraction of sp³-hybridized carbons (Fsp3) is 0.438. The van der Waals surface area contributed by atoms with Crippen LogP contribution in [0.15, 0.2) is 35.9 Å². The molecule has 2 rings (SSSR count). The van der Waals surface area contributed by atoms with Gasteiger partial charge < -0.3 is 9.47 Å². The van der Waals surface area contributed by atoms with Crippen molar-refractivity contribution in [1.82, 2.24) is 0 Å². The molecule has 0 radical (unpaired) electrons. The fourth-order valence-corrected chi connectivity index (χ4v) is 2.59. The van der Waals surface area contributed by atoms with Crippen LogP contribution in [0.2, 0.25) is 0 Å². The molecule has 1 aliphatic carbocycles. The number of rotatable bonds is 4. The Hall–Kier alpha value is -1.77. The summed E-state index contributed by atoms with van der Waals surface area (Å²) in [5, 5.41) is 0. The molecule has 19 heavy (non-hydrogen) atoms. The topological polar surface area (TPSA) is 35.5 Å². The maximum Gasteiger partial charge on any atom is 0.330 e. The third kappa shape index (κ3) is 3.37. The van der Waals surface area contributed by atoms with Crippen molar-refractivity contribution in [2.24, 2.45) is 0 Å². The van der Waals surface area contributed by atoms with Crippen LogP contribution in [-0.2, 0) is 9.53 Å². The molecule has 0 N–H and O–H groups in total. The first-order chi connectivity index (χ1) is 9.24. The molecule has 3 nitrogen and oxygen atoms in total. The highest BCUT2D eigenvalue weighted by Gasteiger charge is 2.23. The van der Waals surface area contributed by atoms with Crippen LogP contribution >= 0.6 is 0 Å². The van der Waals surface area contributed by atoms with Crippen molar-refractivity contribution >= 4 is 5.97 Å². The van der Waals surface area contributed by atoms with Gasteiger partial charge in [0.25, 0.3) is 0 Å². The highest BCUT2D eigenvalue weighted by Crippen LogP contribution is 2.39. The summed E-state index contributed by atoms with van der Waals surface area (Å²) in [5.41, 5.74) is 2.43. The number of esters is 1. The van der Waals surface area contributed by atoms with E-state index in [1.165, 1.54) is 11.1 Å². The summed E-state index contributed by atoms with van der Waals surface area (Å²) in [7, 11) is 1.66. The lowest BCUT2D eigenvalue weighted by Gasteiger charge is -2.13. The number of hydrogen-bond acceptors (Lipinski definition) is 3. The van der Waals surface area contributed by atoms with E-state index in [0.717, 1.165) is 25.0 Å². The maximum atomic E-state index is 11.6. The summed E-state index contributed by atoms with van der Waals surface area (Å²) < 4.78 is 10.2. The third-order valence-corrected chi connectivity index (χ3v) is 3.51. The summed E-state index contributed by atoms with van der Waals surface area (Å²) >= 11 is 0. The van der Waals surface area contributed by atoms with Gasteiger partial charge in [-0.15, -0.1) is 0 Å². The second-order valence-corrected chi connectivity index (χ2v) is 4.69. The van der Waals surface area contributed by atoms with Crippen molar-refractivity contribution in [3.05, 3.63) is 41.5 Å². The van der Waals surface area contributed by atoms with Gasteiger partial charge in [-0.3, -0.25) is 0 Å². The monoisotopic (exact) mass is 260 g/mol. The number of allylic oxidation sites excluding steroid dienone is 1. The van der Waals surface area contributed by atoms with E-state index in [2.05, 4.69) is 12.1 Å². The molecule has 0 amide bonds. The van der Waals surface area contributed by atoms with Gasteiger partial charge in [-0.2, -0.15) is 0 Å². The summed E-state index contributed by atoms with van der Waals surface area (Å²) in [6.45, 7) is 2.25. The van der Waals surface area contributed by atoms with Crippen LogP contribution < -0.4 is 4.74 Å². The van der Waals surface area contributed by atoms with Crippen LogP contribution in [0.25, 0.3) is 0 Å². The summed E-state index contributed by atoms with van der Waals surface area (Å²) in [5.74, 6) is 0.978. The highest BCUT2D eigenvalue weighted by atomic mass is 16.5. The molecule has 102 valence electrons. The molecule has 1 aliphatic rings. The van der Waals surface area contributed by atoms with E-state index in [-0.39, 0.29) is 5.97 Å². The number of ether oxygens (including phenoxy) is 2. The molecule has 1 fully saturated rings. The molecule has 0 aliphatic heterocycles. The van der Waals surface area contributed by atoms with Crippen LogP contribution in [0.1, 0.15) is 37.7 Å². The van der Waals surface area contributed by atoms with Gasteiger partial charge >= 0.3 is 5.97 Å². The first-order valence-corrected chi connectivity index (χ1v) is 6.75. The van der Waals surface area contributed by atoms with Gasteiger partial charge in [-0.25, -0.2) is 4.79 Å². The van der Waals surface area contributed by atoms with E-state index < -0.39 is 0 Å². The Labute approximate surface area is 114 Å². The van der Waals surface area contributed by atoms with Crippen LogP contribution in [0, 0.1) is 0 Å². The zero-order valence-electron chi connectivity index (χ0n) is 11.5. The van der Waals surface area contributed by atoms with E-state index in [4.69, 9.17) is 9.47 Å². The quantitative estimate of drug-likeness (QED) is 0.614. The smallest absolute Gasteiger partial charge is 0.330 e. The molecule has 0 spiro atoms. The minimum Gasteiger partial charge on any atom is -0.497 e. The van der Waals surface area contributed by atoms with Crippen molar-refractivity contribution in [2.75, 3.05) is 13.7 Å². The van der Waals surface area contributed by atoms with Crippen LogP contribution in [-0.4, -0.2) is 19.7 Å². The Morgan fingerprint density at radius 2 is 2.11 bits per heavy atom. The minimum absolute atomic E-state index is 0.224. The van der Waals surface area contributed by atoms with Gasteiger partial charge in [0, 0.05) is 12.0 Å². The second-order valence-electron chi connectivity index (χ2n) is 4.69. The maximum absolute atomic E-state index is 11.6. The molecule has 0 bridgehead atoms. The fourth-order valence-electron chi connectivity index (χ4n) is 2.59. The Bertz CT molecular complexity index is 459. The van der Waals surface area contributed by atoms with Crippen LogP contribution in [0.3, 0.4) is 0 Å². The van der Waals surface area contributed by atoms with Crippen molar-refractivity contribution in [3.63, 3.8) is 0 Å². The number of carbonyl (C=O) groups is 1. The lowest BCUT2D eigenvalue weighted by Crippen LogP contribution is -2.03. The van der Waals surface area contributed by atoms with Gasteiger partial charge in [0.15, 0.2) is 0 Å². The Morgan fingerprint density at radius 1 is 1.37 bits per heavy atom. The minimum atomic E-state index is -0.224. The Kier molecular flexibility index (Phi) is 4.61. The average molecular weight is 260 g/mol. The molecule has 1 aromatic rings. The lowest BCUT2D eigenvalue weighted by molar-refractivity contribution is -0.137. The van der Waals surface area contributed by atoms with Gasteiger partial charge in [0.05, 0.1) is 13.7 Å². The largest absolute Gasteiger partial charge is 0.497 e. The van der Waals surface area contributed by atoms with Crippen LogP contribution in [0.4, 0.5) is 0 Å². The van der Waals surface area contributed by atoms with E-state index in [9.17, 15) is 4.79 Å². The van der Waals surface area contributed by atoms with Gasteiger partial charge in [0.1, 0.15) is 5.75 Å². The van der Waals surface area contributed by atoms with E-state index in [1.807, 2.05) is 19.1 Å².